The number of benzene rings is 2. The highest BCUT2D eigenvalue weighted by Gasteiger charge is 2.37. The quantitative estimate of drug-likeness (QED) is 0.364. The maximum Gasteiger partial charge on any atom is 0.342 e. The van der Waals surface area contributed by atoms with Crippen LogP contribution in [0.2, 0.25) is 0 Å². The number of carbonyl (C=O) groups is 4. The fraction of sp³-hybridized carbons (Fsp3) is 0.406. The van der Waals surface area contributed by atoms with Crippen LogP contribution in [0.4, 0.5) is 16.3 Å². The highest BCUT2D eigenvalue weighted by molar-refractivity contribution is 6.02. The van der Waals surface area contributed by atoms with Gasteiger partial charge in [0.1, 0.15) is 0 Å². The minimum absolute atomic E-state index is 0.0740. The molecular formula is C32H36N8O4. The lowest BCUT2D eigenvalue weighted by atomic mass is 9.83. The largest absolute Gasteiger partial charge is 0.369 e. The van der Waals surface area contributed by atoms with Crippen LogP contribution in [0.15, 0.2) is 48.5 Å². The van der Waals surface area contributed by atoms with Crippen molar-refractivity contribution in [3.05, 3.63) is 76.5 Å². The Morgan fingerprint density at radius 2 is 1.68 bits per heavy atom. The van der Waals surface area contributed by atoms with E-state index in [1.54, 1.807) is 0 Å². The van der Waals surface area contributed by atoms with Crippen LogP contribution >= 0.6 is 0 Å². The monoisotopic (exact) mass is 596 g/mol. The van der Waals surface area contributed by atoms with E-state index in [4.69, 9.17) is 0 Å². The second kappa shape index (κ2) is 11.8. The lowest BCUT2D eigenvalue weighted by Crippen LogP contribution is -2.56. The van der Waals surface area contributed by atoms with Crippen molar-refractivity contribution in [3.63, 3.8) is 0 Å². The van der Waals surface area contributed by atoms with Crippen LogP contribution in [0.3, 0.4) is 0 Å². The van der Waals surface area contributed by atoms with Gasteiger partial charge in [-0.2, -0.15) is 5.10 Å². The lowest BCUT2D eigenvalue weighted by molar-refractivity contribution is -0.123. The third-order valence-corrected chi connectivity index (χ3v) is 9.13. The molecule has 228 valence electrons. The topological polar surface area (TPSA) is 134 Å². The summed E-state index contributed by atoms with van der Waals surface area (Å²) in [6.07, 6.45) is 4.10. The zero-order chi connectivity index (χ0) is 30.2. The number of amides is 5. The number of fused-ring (bicyclic) bond motifs is 1. The van der Waals surface area contributed by atoms with E-state index in [-0.39, 0.29) is 30.7 Å². The van der Waals surface area contributed by atoms with Crippen molar-refractivity contribution in [2.45, 2.75) is 51.1 Å². The first-order valence-corrected chi connectivity index (χ1v) is 15.4. The van der Waals surface area contributed by atoms with Crippen LogP contribution in [-0.2, 0) is 29.1 Å². The molecule has 1 aliphatic carbocycles. The van der Waals surface area contributed by atoms with Gasteiger partial charge in [-0.05, 0) is 47.7 Å². The number of urea groups is 1. The van der Waals surface area contributed by atoms with Gasteiger partial charge in [-0.15, -0.1) is 0 Å². The van der Waals surface area contributed by atoms with Crippen LogP contribution in [0, 0.1) is 0 Å². The van der Waals surface area contributed by atoms with E-state index in [1.807, 2.05) is 30.3 Å². The summed E-state index contributed by atoms with van der Waals surface area (Å²) in [6.45, 7) is 4.89. The van der Waals surface area contributed by atoms with Crippen LogP contribution < -0.4 is 15.5 Å². The van der Waals surface area contributed by atoms with Gasteiger partial charge in [0.15, 0.2) is 5.82 Å². The van der Waals surface area contributed by atoms with E-state index in [0.717, 1.165) is 60.8 Å². The summed E-state index contributed by atoms with van der Waals surface area (Å²) in [5.74, 6) is 0.527. The Hall–Kier alpha value is -4.71. The summed E-state index contributed by atoms with van der Waals surface area (Å²) in [4.78, 5) is 54.1. The highest BCUT2D eigenvalue weighted by atomic mass is 16.2. The van der Waals surface area contributed by atoms with Gasteiger partial charge in [-0.3, -0.25) is 29.7 Å². The lowest BCUT2D eigenvalue weighted by Gasteiger charge is -2.36. The van der Waals surface area contributed by atoms with Crippen molar-refractivity contribution in [1.29, 1.82) is 0 Å². The Bertz CT molecular complexity index is 1590. The number of hydrogen-bond donors (Lipinski definition) is 3. The summed E-state index contributed by atoms with van der Waals surface area (Å²) in [5.41, 5.74) is 5.84. The molecule has 3 aromatic rings. The normalized spacial score (nSPS) is 19.2. The summed E-state index contributed by atoms with van der Waals surface area (Å²) >= 11 is 0. The molecule has 1 saturated carbocycles. The van der Waals surface area contributed by atoms with Gasteiger partial charge in [-0.25, -0.2) is 14.8 Å². The summed E-state index contributed by atoms with van der Waals surface area (Å²) < 4.78 is 0. The number of aromatic nitrogens is 2. The number of H-pyrrole nitrogens is 1. The zero-order valence-electron chi connectivity index (χ0n) is 24.6. The Labute approximate surface area is 255 Å². The average Bonchev–Trinajstić information content (AvgIpc) is 3.56. The van der Waals surface area contributed by atoms with Crippen molar-refractivity contribution < 1.29 is 19.2 Å². The number of rotatable bonds is 8. The maximum absolute atomic E-state index is 13.0. The molecule has 0 bridgehead atoms. The second-order valence-electron chi connectivity index (χ2n) is 12.1. The predicted octanol–water partition coefficient (Wildman–Crippen LogP) is 2.99. The number of aromatic amines is 1. The van der Waals surface area contributed by atoms with E-state index >= 15 is 0 Å². The Balaban J connectivity index is 0.886. The summed E-state index contributed by atoms with van der Waals surface area (Å²) in [5, 5.41) is 15.2. The molecule has 12 heteroatoms. The van der Waals surface area contributed by atoms with E-state index in [2.05, 4.69) is 48.8 Å². The number of piperazine rings is 1. The number of carbonyl (C=O) groups excluding carboxylic acids is 4. The van der Waals surface area contributed by atoms with E-state index < -0.39 is 6.03 Å². The molecule has 3 N–H and O–H groups in total. The van der Waals surface area contributed by atoms with Crippen molar-refractivity contribution >= 4 is 35.3 Å². The Kier molecular flexibility index (Phi) is 7.51. The smallest absolute Gasteiger partial charge is 0.342 e. The molecule has 4 aliphatic rings. The number of hydrazine groups is 1. The van der Waals surface area contributed by atoms with Crippen molar-refractivity contribution in [2.24, 2.45) is 0 Å². The fourth-order valence-electron chi connectivity index (χ4n) is 6.39. The number of nitrogens with one attached hydrogen (secondary N) is 3. The number of hydrogen-bond acceptors (Lipinski definition) is 7. The molecule has 2 saturated heterocycles. The number of imide groups is 1. The van der Waals surface area contributed by atoms with E-state index in [0.29, 0.717) is 30.3 Å². The highest BCUT2D eigenvalue weighted by Crippen LogP contribution is 2.36. The fourth-order valence-corrected chi connectivity index (χ4v) is 6.39. The molecule has 3 fully saturated rings. The van der Waals surface area contributed by atoms with Crippen LogP contribution in [0.5, 0.6) is 0 Å². The average molecular weight is 597 g/mol. The Morgan fingerprint density at radius 1 is 0.909 bits per heavy atom. The molecule has 0 spiro atoms. The number of anilines is 2. The molecule has 1 aromatic heterocycles. The first kappa shape index (κ1) is 28.1. The SMILES string of the molecule is O=C1CCN(N2Cc3cc(CN4CCN(c5ccc(CC(=O)Nc6cc(C7CCC7)[nH]n6)cc5)CC4)ccc3C2=O)C(=O)N1. The third-order valence-electron chi connectivity index (χ3n) is 9.13. The molecule has 3 aliphatic heterocycles. The molecule has 7 rings (SSSR count). The first-order chi connectivity index (χ1) is 21.4. The third kappa shape index (κ3) is 5.77. The first-order valence-electron chi connectivity index (χ1n) is 15.4. The minimum Gasteiger partial charge on any atom is -0.369 e. The predicted molar refractivity (Wildman–Crippen MR) is 163 cm³/mol. The van der Waals surface area contributed by atoms with Crippen LogP contribution in [-0.4, -0.2) is 81.6 Å². The van der Waals surface area contributed by atoms with Gasteiger partial charge >= 0.3 is 6.03 Å². The zero-order valence-corrected chi connectivity index (χ0v) is 24.6. The molecule has 0 atom stereocenters. The summed E-state index contributed by atoms with van der Waals surface area (Å²) in [6, 6.07) is 15.5. The second-order valence-corrected chi connectivity index (χ2v) is 12.1. The van der Waals surface area contributed by atoms with E-state index in [1.165, 1.54) is 29.3 Å². The number of nitrogens with zero attached hydrogens (tertiary/aromatic N) is 5. The molecule has 12 nitrogen and oxygen atoms in total. The van der Waals surface area contributed by atoms with E-state index in [9.17, 15) is 19.2 Å². The Morgan fingerprint density at radius 3 is 2.41 bits per heavy atom. The van der Waals surface area contributed by atoms with Crippen LogP contribution in [0.25, 0.3) is 0 Å². The molecule has 44 heavy (non-hydrogen) atoms. The van der Waals surface area contributed by atoms with Gasteiger partial charge in [0.25, 0.3) is 5.91 Å². The van der Waals surface area contributed by atoms with Crippen LogP contribution in [0.1, 0.15) is 64.3 Å². The molecule has 0 radical (unpaired) electrons. The minimum atomic E-state index is -0.553. The van der Waals surface area contributed by atoms with Gasteiger partial charge in [-0.1, -0.05) is 30.7 Å². The standard InChI is InChI=1S/C32H36N8O4/c41-29-10-11-39(32(44)34-29)40-20-24-16-22(6-9-26(24)31(40)43)19-37-12-14-38(15-13-37)25-7-4-21(5-8-25)17-30(42)33-28-18-27(35-36-28)23-2-1-3-23/h4-9,16,18,23H,1-3,10-15,17,19-20H2,(H,34,41,44)(H2,33,35,36,42). The molecule has 2 aromatic carbocycles. The molecular weight excluding hydrogens is 560 g/mol. The van der Waals surface area contributed by atoms with Crippen molar-refractivity contribution in [3.8, 4) is 0 Å². The molecule has 4 heterocycles. The summed E-state index contributed by atoms with van der Waals surface area (Å²) in [7, 11) is 0. The van der Waals surface area contributed by atoms with Gasteiger partial charge in [0, 0.05) is 68.1 Å². The molecule has 5 amide bonds. The van der Waals surface area contributed by atoms with Gasteiger partial charge in [0.2, 0.25) is 11.8 Å². The van der Waals surface area contributed by atoms with Gasteiger partial charge < -0.3 is 10.2 Å². The maximum atomic E-state index is 13.0. The van der Waals surface area contributed by atoms with Crippen molar-refractivity contribution in [1.82, 2.24) is 30.4 Å². The van der Waals surface area contributed by atoms with Crippen molar-refractivity contribution in [2.75, 3.05) is 42.9 Å². The molecule has 0 unspecified atom stereocenters. The van der Waals surface area contributed by atoms with Gasteiger partial charge in [0.05, 0.1) is 19.5 Å².